The van der Waals surface area contributed by atoms with Crippen molar-refractivity contribution in [2.75, 3.05) is 11.9 Å². The number of nitrogens with zero attached hydrogens (tertiary/aromatic N) is 1. The Morgan fingerprint density at radius 2 is 1.95 bits per heavy atom. The lowest BCUT2D eigenvalue weighted by Gasteiger charge is -2.13. The van der Waals surface area contributed by atoms with Crippen LogP contribution in [-0.4, -0.2) is 11.7 Å². The Bertz CT molecular complexity index is 593. The molecule has 19 heavy (non-hydrogen) atoms. The maximum Gasteiger partial charge on any atom is 0.141 e. The molecule has 0 saturated heterocycles. The van der Waals surface area contributed by atoms with E-state index >= 15 is 0 Å². The summed E-state index contributed by atoms with van der Waals surface area (Å²) in [6.07, 6.45) is -0.656. The quantitative estimate of drug-likeness (QED) is 0.884. The van der Waals surface area contributed by atoms with Crippen molar-refractivity contribution in [2.45, 2.75) is 6.10 Å². The minimum Gasteiger partial charge on any atom is -0.387 e. The molecule has 1 atom stereocenters. The molecular formula is C15H13FN2O. The number of anilines is 1. The van der Waals surface area contributed by atoms with E-state index in [9.17, 15) is 9.50 Å². The average Bonchev–Trinajstić information content (AvgIpc) is 2.47. The molecule has 0 saturated carbocycles. The maximum absolute atomic E-state index is 13.1. The first-order valence-corrected chi connectivity index (χ1v) is 5.87. The van der Waals surface area contributed by atoms with Crippen molar-refractivity contribution >= 4 is 5.69 Å². The van der Waals surface area contributed by atoms with E-state index in [1.54, 1.807) is 6.07 Å². The Morgan fingerprint density at radius 1 is 1.21 bits per heavy atom. The van der Waals surface area contributed by atoms with Gasteiger partial charge in [-0.3, -0.25) is 0 Å². The second-order valence-corrected chi connectivity index (χ2v) is 4.11. The lowest BCUT2D eigenvalue weighted by molar-refractivity contribution is 0.191. The first kappa shape index (κ1) is 13.1. The van der Waals surface area contributed by atoms with Gasteiger partial charge in [0.2, 0.25) is 0 Å². The van der Waals surface area contributed by atoms with Crippen LogP contribution in [0.1, 0.15) is 17.2 Å². The average molecular weight is 256 g/mol. The molecule has 2 aromatic carbocycles. The summed E-state index contributed by atoms with van der Waals surface area (Å²) >= 11 is 0. The van der Waals surface area contributed by atoms with E-state index in [1.165, 1.54) is 18.2 Å². The monoisotopic (exact) mass is 256 g/mol. The minimum absolute atomic E-state index is 0.0146. The van der Waals surface area contributed by atoms with Gasteiger partial charge in [0.1, 0.15) is 11.9 Å². The predicted octanol–water partition coefficient (Wildman–Crippen LogP) is 2.84. The molecule has 0 spiro atoms. The zero-order valence-corrected chi connectivity index (χ0v) is 10.2. The molecule has 0 amide bonds. The van der Waals surface area contributed by atoms with Crippen LogP contribution >= 0.6 is 0 Å². The molecule has 0 aliphatic carbocycles. The van der Waals surface area contributed by atoms with Gasteiger partial charge in [-0.05, 0) is 23.8 Å². The third-order valence-electron chi connectivity index (χ3n) is 2.77. The van der Waals surface area contributed by atoms with Crippen LogP contribution in [0.3, 0.4) is 0 Å². The Labute approximate surface area is 110 Å². The number of rotatable bonds is 4. The molecule has 0 fully saturated rings. The Balaban J connectivity index is 2.01. The molecule has 0 aromatic heterocycles. The van der Waals surface area contributed by atoms with Gasteiger partial charge in [0.15, 0.2) is 0 Å². The third-order valence-corrected chi connectivity index (χ3v) is 2.77. The van der Waals surface area contributed by atoms with Gasteiger partial charge in [0.25, 0.3) is 0 Å². The summed E-state index contributed by atoms with van der Waals surface area (Å²) in [5, 5.41) is 21.7. The number of aliphatic hydroxyl groups excluding tert-OH is 1. The van der Waals surface area contributed by atoms with Crippen molar-refractivity contribution in [3.8, 4) is 6.07 Å². The molecule has 0 aliphatic heterocycles. The predicted molar refractivity (Wildman–Crippen MR) is 71.0 cm³/mol. The summed E-state index contributed by atoms with van der Waals surface area (Å²) in [5.41, 5.74) is 1.39. The summed E-state index contributed by atoms with van der Waals surface area (Å²) in [6, 6.07) is 15.2. The lowest BCUT2D eigenvalue weighted by Crippen LogP contribution is -2.12. The molecule has 2 rings (SSSR count). The van der Waals surface area contributed by atoms with Crippen LogP contribution in [0.15, 0.2) is 48.5 Å². The summed E-state index contributed by atoms with van der Waals surface area (Å²) in [4.78, 5) is 0. The van der Waals surface area contributed by atoms with Crippen LogP contribution < -0.4 is 5.32 Å². The normalized spacial score (nSPS) is 11.6. The fourth-order valence-corrected chi connectivity index (χ4v) is 1.73. The minimum atomic E-state index is -0.656. The van der Waals surface area contributed by atoms with Crippen molar-refractivity contribution in [3.63, 3.8) is 0 Å². The topological polar surface area (TPSA) is 56.0 Å². The van der Waals surface area contributed by atoms with Gasteiger partial charge < -0.3 is 10.4 Å². The molecule has 2 aromatic rings. The number of nitrogens with one attached hydrogen (secondary N) is 1. The van der Waals surface area contributed by atoms with E-state index in [1.807, 2.05) is 30.3 Å². The summed E-state index contributed by atoms with van der Waals surface area (Å²) in [7, 11) is 0. The fraction of sp³-hybridized carbons (Fsp3) is 0.133. The van der Waals surface area contributed by atoms with Crippen molar-refractivity contribution in [3.05, 3.63) is 65.5 Å². The largest absolute Gasteiger partial charge is 0.387 e. The number of hydrogen-bond donors (Lipinski definition) is 2. The molecule has 0 heterocycles. The van der Waals surface area contributed by atoms with E-state index in [2.05, 4.69) is 5.32 Å². The maximum atomic E-state index is 13.1. The number of halogens is 1. The van der Waals surface area contributed by atoms with E-state index in [0.717, 1.165) is 5.56 Å². The van der Waals surface area contributed by atoms with Crippen LogP contribution in [0.5, 0.6) is 0 Å². The molecule has 0 bridgehead atoms. The number of hydrogen-bond acceptors (Lipinski definition) is 3. The Hall–Kier alpha value is -2.38. The van der Waals surface area contributed by atoms with Gasteiger partial charge >= 0.3 is 0 Å². The molecule has 2 N–H and O–H groups in total. The number of nitriles is 1. The molecule has 4 heteroatoms. The van der Waals surface area contributed by atoms with Gasteiger partial charge in [0.05, 0.1) is 11.7 Å². The van der Waals surface area contributed by atoms with Gasteiger partial charge in [-0.1, -0.05) is 30.3 Å². The van der Waals surface area contributed by atoms with Crippen molar-refractivity contribution < 1.29 is 9.50 Å². The van der Waals surface area contributed by atoms with Crippen LogP contribution in [0.4, 0.5) is 10.1 Å². The standard InChI is InChI=1S/C15H13FN2O/c16-14-7-6-13(8-12(14)9-17)18-10-15(19)11-4-2-1-3-5-11/h1-8,15,18-19H,10H2. The second-order valence-electron chi connectivity index (χ2n) is 4.11. The SMILES string of the molecule is N#Cc1cc(NCC(O)c2ccccc2)ccc1F. The van der Waals surface area contributed by atoms with Gasteiger partial charge in [0, 0.05) is 12.2 Å². The molecular weight excluding hydrogens is 243 g/mol. The summed E-state index contributed by atoms with van der Waals surface area (Å²) in [5.74, 6) is -0.545. The first-order chi connectivity index (χ1) is 9.20. The van der Waals surface area contributed by atoms with Gasteiger partial charge in [-0.25, -0.2) is 4.39 Å². The van der Waals surface area contributed by atoms with Crippen LogP contribution in [0.2, 0.25) is 0 Å². The molecule has 0 aliphatic rings. The number of aliphatic hydroxyl groups is 1. The van der Waals surface area contributed by atoms with Crippen molar-refractivity contribution in [2.24, 2.45) is 0 Å². The van der Waals surface area contributed by atoms with Gasteiger partial charge in [-0.2, -0.15) is 5.26 Å². The molecule has 3 nitrogen and oxygen atoms in total. The van der Waals surface area contributed by atoms with Crippen LogP contribution in [0.25, 0.3) is 0 Å². The first-order valence-electron chi connectivity index (χ1n) is 5.87. The van der Waals surface area contributed by atoms with Crippen molar-refractivity contribution in [1.82, 2.24) is 0 Å². The summed E-state index contributed by atoms with van der Waals surface area (Å²) < 4.78 is 13.1. The fourth-order valence-electron chi connectivity index (χ4n) is 1.73. The van der Waals surface area contributed by atoms with Crippen LogP contribution in [-0.2, 0) is 0 Å². The van der Waals surface area contributed by atoms with Crippen LogP contribution in [0, 0.1) is 17.1 Å². The lowest BCUT2D eigenvalue weighted by atomic mass is 10.1. The number of benzene rings is 2. The highest BCUT2D eigenvalue weighted by atomic mass is 19.1. The smallest absolute Gasteiger partial charge is 0.141 e. The summed E-state index contributed by atoms with van der Waals surface area (Å²) in [6.45, 7) is 0.292. The second kappa shape index (κ2) is 5.98. The zero-order valence-electron chi connectivity index (χ0n) is 10.2. The van der Waals surface area contributed by atoms with E-state index in [0.29, 0.717) is 12.2 Å². The van der Waals surface area contributed by atoms with E-state index < -0.39 is 11.9 Å². The van der Waals surface area contributed by atoms with E-state index in [4.69, 9.17) is 5.26 Å². The molecule has 1 unspecified atom stereocenters. The van der Waals surface area contributed by atoms with Gasteiger partial charge in [-0.15, -0.1) is 0 Å². The Kier molecular flexibility index (Phi) is 4.11. The highest BCUT2D eigenvalue weighted by Gasteiger charge is 2.07. The highest BCUT2D eigenvalue weighted by molar-refractivity contribution is 5.50. The molecule has 96 valence electrons. The van der Waals surface area contributed by atoms with E-state index in [-0.39, 0.29) is 5.56 Å². The van der Waals surface area contributed by atoms with Crippen molar-refractivity contribution in [1.29, 1.82) is 5.26 Å². The third kappa shape index (κ3) is 3.30. The highest BCUT2D eigenvalue weighted by Crippen LogP contribution is 2.16. The Morgan fingerprint density at radius 3 is 2.63 bits per heavy atom. The zero-order chi connectivity index (χ0) is 13.7. The molecule has 0 radical (unpaired) electrons.